The average molecular weight is 229 g/mol. The summed E-state index contributed by atoms with van der Waals surface area (Å²) in [5.74, 6) is 0.491. The zero-order chi connectivity index (χ0) is 12.2. The van der Waals surface area contributed by atoms with Gasteiger partial charge in [0, 0.05) is 6.61 Å². The molecule has 94 valence electrons. The first-order valence-corrected chi connectivity index (χ1v) is 5.95. The van der Waals surface area contributed by atoms with Crippen LogP contribution in [0.3, 0.4) is 0 Å². The van der Waals surface area contributed by atoms with Crippen LogP contribution in [0.2, 0.25) is 0 Å². The highest BCUT2D eigenvalue weighted by molar-refractivity contribution is 5.81. The highest BCUT2D eigenvalue weighted by Crippen LogP contribution is 2.39. The number of hydrogen-bond donors (Lipinski definition) is 1. The molecule has 16 heavy (non-hydrogen) atoms. The van der Waals surface area contributed by atoms with E-state index in [0.29, 0.717) is 12.5 Å². The molecule has 1 unspecified atom stereocenters. The molecule has 0 aliphatic heterocycles. The van der Waals surface area contributed by atoms with Gasteiger partial charge in [0.05, 0.1) is 13.7 Å². The molecule has 1 fully saturated rings. The predicted octanol–water partition coefficient (Wildman–Crippen LogP) is 1.33. The largest absolute Gasteiger partial charge is 0.468 e. The molecule has 0 aromatic carbocycles. The van der Waals surface area contributed by atoms with Gasteiger partial charge in [-0.2, -0.15) is 0 Å². The maximum Gasteiger partial charge on any atom is 0.328 e. The summed E-state index contributed by atoms with van der Waals surface area (Å²) in [5, 5.41) is 0. The van der Waals surface area contributed by atoms with E-state index in [9.17, 15) is 4.79 Å². The van der Waals surface area contributed by atoms with E-state index in [1.807, 2.05) is 0 Å². The van der Waals surface area contributed by atoms with Crippen molar-refractivity contribution in [1.29, 1.82) is 0 Å². The maximum atomic E-state index is 11.6. The molecule has 0 spiro atoms. The summed E-state index contributed by atoms with van der Waals surface area (Å²) in [5.41, 5.74) is 5.15. The Kier molecular flexibility index (Phi) is 4.74. The number of rotatable bonds is 7. The number of nitrogens with two attached hydrogens (primary N) is 1. The lowest BCUT2D eigenvalue weighted by Gasteiger charge is -2.26. The van der Waals surface area contributed by atoms with Gasteiger partial charge in [0.25, 0.3) is 0 Å². The molecule has 2 N–H and O–H groups in total. The first-order valence-electron chi connectivity index (χ1n) is 5.95. The summed E-state index contributed by atoms with van der Waals surface area (Å²) < 4.78 is 10.3. The van der Waals surface area contributed by atoms with Crippen molar-refractivity contribution >= 4 is 5.97 Å². The van der Waals surface area contributed by atoms with E-state index in [0.717, 1.165) is 19.3 Å². The van der Waals surface area contributed by atoms with Gasteiger partial charge in [-0.25, -0.2) is 4.79 Å². The zero-order valence-corrected chi connectivity index (χ0v) is 10.5. The molecule has 0 amide bonds. The summed E-state index contributed by atoms with van der Waals surface area (Å²) in [7, 11) is 1.38. The molecule has 1 saturated carbocycles. The molecule has 4 heteroatoms. The van der Waals surface area contributed by atoms with Gasteiger partial charge in [-0.05, 0) is 31.1 Å². The third kappa shape index (κ3) is 3.46. The number of carbonyl (C=O) groups excluding carboxylic acids is 1. The Hall–Kier alpha value is -0.610. The minimum Gasteiger partial charge on any atom is -0.468 e. The molecule has 0 saturated heterocycles. The van der Waals surface area contributed by atoms with Crippen LogP contribution >= 0.6 is 0 Å². The molecule has 0 radical (unpaired) electrons. The Morgan fingerprint density at radius 3 is 2.56 bits per heavy atom. The van der Waals surface area contributed by atoms with E-state index in [2.05, 4.69) is 13.8 Å². The molecule has 0 aromatic heterocycles. The van der Waals surface area contributed by atoms with Crippen molar-refractivity contribution in [3.8, 4) is 0 Å². The average Bonchev–Trinajstić information content (AvgIpc) is 3.06. The van der Waals surface area contributed by atoms with Gasteiger partial charge < -0.3 is 15.2 Å². The summed E-state index contributed by atoms with van der Waals surface area (Å²) in [6.45, 7) is 5.21. The Morgan fingerprint density at radius 1 is 1.50 bits per heavy atom. The van der Waals surface area contributed by atoms with Crippen LogP contribution in [-0.4, -0.2) is 31.8 Å². The van der Waals surface area contributed by atoms with E-state index < -0.39 is 5.54 Å². The fraction of sp³-hybridized carbons (Fsp3) is 0.917. The second-order valence-corrected chi connectivity index (χ2v) is 5.04. The Balaban J connectivity index is 2.36. The van der Waals surface area contributed by atoms with Gasteiger partial charge in [-0.3, -0.25) is 0 Å². The monoisotopic (exact) mass is 229 g/mol. The van der Waals surface area contributed by atoms with Crippen LogP contribution < -0.4 is 5.73 Å². The van der Waals surface area contributed by atoms with E-state index in [1.54, 1.807) is 0 Å². The quantitative estimate of drug-likeness (QED) is 0.528. The van der Waals surface area contributed by atoms with Gasteiger partial charge >= 0.3 is 5.97 Å². The topological polar surface area (TPSA) is 61.5 Å². The van der Waals surface area contributed by atoms with E-state index in [4.69, 9.17) is 15.2 Å². The van der Waals surface area contributed by atoms with Crippen molar-refractivity contribution < 1.29 is 14.3 Å². The number of carbonyl (C=O) groups is 1. The normalized spacial score (nSPS) is 19.6. The Labute approximate surface area is 97.5 Å². The summed E-state index contributed by atoms with van der Waals surface area (Å²) >= 11 is 0. The molecular weight excluding hydrogens is 206 g/mol. The van der Waals surface area contributed by atoms with Crippen molar-refractivity contribution in [2.45, 2.75) is 38.6 Å². The fourth-order valence-electron chi connectivity index (χ4n) is 1.69. The number of hydrogen-bond acceptors (Lipinski definition) is 4. The molecule has 1 rings (SSSR count). The van der Waals surface area contributed by atoms with Gasteiger partial charge in [0.2, 0.25) is 0 Å². The second kappa shape index (κ2) is 5.64. The molecule has 0 heterocycles. The van der Waals surface area contributed by atoms with Crippen LogP contribution in [-0.2, 0) is 14.3 Å². The molecular formula is C12H23NO3. The highest BCUT2D eigenvalue weighted by atomic mass is 16.5. The van der Waals surface area contributed by atoms with Crippen molar-refractivity contribution in [3.63, 3.8) is 0 Å². The van der Waals surface area contributed by atoms with Crippen LogP contribution in [0.25, 0.3) is 0 Å². The summed E-state index contributed by atoms with van der Waals surface area (Å²) in [6, 6.07) is 0. The molecule has 0 aromatic rings. The lowest BCUT2D eigenvalue weighted by atomic mass is 9.96. The standard InChI is InChI=1S/C12H23NO3/c1-9(2)6-7-16-8-12(13,10-4-5-10)11(14)15-3/h9-10H,4-8,13H2,1-3H3. The van der Waals surface area contributed by atoms with Crippen LogP contribution in [0, 0.1) is 11.8 Å². The zero-order valence-electron chi connectivity index (χ0n) is 10.5. The van der Waals surface area contributed by atoms with Crippen molar-refractivity contribution in [2.75, 3.05) is 20.3 Å². The van der Waals surface area contributed by atoms with Crippen molar-refractivity contribution in [1.82, 2.24) is 0 Å². The molecule has 4 nitrogen and oxygen atoms in total. The van der Waals surface area contributed by atoms with Gasteiger partial charge in [-0.15, -0.1) is 0 Å². The first kappa shape index (κ1) is 13.5. The Morgan fingerprint density at radius 2 is 2.12 bits per heavy atom. The van der Waals surface area contributed by atoms with Crippen LogP contribution in [0.5, 0.6) is 0 Å². The van der Waals surface area contributed by atoms with E-state index in [-0.39, 0.29) is 18.5 Å². The number of esters is 1. The van der Waals surface area contributed by atoms with Crippen molar-refractivity contribution in [3.05, 3.63) is 0 Å². The fourth-order valence-corrected chi connectivity index (χ4v) is 1.69. The van der Waals surface area contributed by atoms with Gasteiger partial charge in [-0.1, -0.05) is 13.8 Å². The highest BCUT2D eigenvalue weighted by Gasteiger charge is 2.49. The van der Waals surface area contributed by atoms with Gasteiger partial charge in [0.15, 0.2) is 0 Å². The van der Waals surface area contributed by atoms with Crippen molar-refractivity contribution in [2.24, 2.45) is 17.6 Å². The summed E-state index contributed by atoms with van der Waals surface area (Å²) in [6.07, 6.45) is 2.99. The lowest BCUT2D eigenvalue weighted by molar-refractivity contribution is -0.150. The molecule has 1 atom stereocenters. The van der Waals surface area contributed by atoms with Crippen LogP contribution in [0.1, 0.15) is 33.1 Å². The number of ether oxygens (including phenoxy) is 2. The maximum absolute atomic E-state index is 11.6. The summed E-state index contributed by atoms with van der Waals surface area (Å²) in [4.78, 5) is 11.6. The van der Waals surface area contributed by atoms with E-state index >= 15 is 0 Å². The predicted molar refractivity (Wildman–Crippen MR) is 61.9 cm³/mol. The molecule has 0 bridgehead atoms. The second-order valence-electron chi connectivity index (χ2n) is 5.04. The minimum absolute atomic E-state index is 0.235. The minimum atomic E-state index is -0.925. The van der Waals surface area contributed by atoms with Gasteiger partial charge in [0.1, 0.15) is 5.54 Å². The third-order valence-electron chi connectivity index (χ3n) is 3.05. The molecule has 1 aliphatic rings. The Bertz CT molecular complexity index is 238. The SMILES string of the molecule is COC(=O)C(N)(COCCC(C)C)C1CC1. The molecule has 1 aliphatic carbocycles. The van der Waals surface area contributed by atoms with Crippen LogP contribution in [0.4, 0.5) is 0 Å². The lowest BCUT2D eigenvalue weighted by Crippen LogP contribution is -2.54. The first-order chi connectivity index (χ1) is 7.50. The van der Waals surface area contributed by atoms with Crippen LogP contribution in [0.15, 0.2) is 0 Å². The smallest absolute Gasteiger partial charge is 0.328 e. The third-order valence-corrected chi connectivity index (χ3v) is 3.05. The van der Waals surface area contributed by atoms with E-state index in [1.165, 1.54) is 7.11 Å². The number of methoxy groups -OCH3 is 1.